The van der Waals surface area contributed by atoms with Crippen molar-refractivity contribution in [1.82, 2.24) is 9.55 Å². The molecule has 2 heterocycles. The zero-order chi connectivity index (χ0) is 9.80. The van der Waals surface area contributed by atoms with Crippen molar-refractivity contribution >= 4 is 5.95 Å². The van der Waals surface area contributed by atoms with Gasteiger partial charge in [0.1, 0.15) is 0 Å². The second kappa shape index (κ2) is 4.46. The summed E-state index contributed by atoms with van der Waals surface area (Å²) >= 11 is 0. The van der Waals surface area contributed by atoms with Crippen LogP contribution in [0.4, 0.5) is 5.95 Å². The molecule has 1 atom stereocenters. The number of nitrogens with zero attached hydrogens (tertiary/aromatic N) is 2. The van der Waals surface area contributed by atoms with Crippen molar-refractivity contribution in [2.45, 2.75) is 25.4 Å². The highest BCUT2D eigenvalue weighted by molar-refractivity contribution is 5.25. The summed E-state index contributed by atoms with van der Waals surface area (Å²) in [4.78, 5) is 4.20. The van der Waals surface area contributed by atoms with E-state index in [9.17, 15) is 0 Å². The molecule has 1 saturated heterocycles. The number of imidazole rings is 1. The summed E-state index contributed by atoms with van der Waals surface area (Å²) in [7, 11) is 1.98. The molecule has 0 spiro atoms. The van der Waals surface area contributed by atoms with Crippen molar-refractivity contribution in [3.8, 4) is 0 Å². The molecular weight excluding hydrogens is 178 g/mol. The monoisotopic (exact) mass is 195 g/mol. The van der Waals surface area contributed by atoms with Crippen LogP contribution in [-0.4, -0.2) is 28.8 Å². The van der Waals surface area contributed by atoms with Crippen molar-refractivity contribution in [2.24, 2.45) is 7.05 Å². The van der Waals surface area contributed by atoms with Gasteiger partial charge in [0, 0.05) is 32.6 Å². The Morgan fingerprint density at radius 2 is 2.57 bits per heavy atom. The van der Waals surface area contributed by atoms with Gasteiger partial charge in [-0.3, -0.25) is 0 Å². The van der Waals surface area contributed by atoms with E-state index in [1.807, 2.05) is 17.8 Å². The van der Waals surface area contributed by atoms with Gasteiger partial charge in [0.25, 0.3) is 0 Å². The van der Waals surface area contributed by atoms with Crippen LogP contribution in [0.15, 0.2) is 12.4 Å². The maximum absolute atomic E-state index is 5.62. The maximum Gasteiger partial charge on any atom is 0.202 e. The van der Waals surface area contributed by atoms with Gasteiger partial charge in [-0.1, -0.05) is 0 Å². The van der Waals surface area contributed by atoms with Crippen LogP contribution in [0, 0.1) is 0 Å². The first-order valence-corrected chi connectivity index (χ1v) is 5.19. The Balaban J connectivity index is 1.79. The van der Waals surface area contributed by atoms with E-state index in [2.05, 4.69) is 10.3 Å². The third-order valence-corrected chi connectivity index (χ3v) is 2.58. The van der Waals surface area contributed by atoms with E-state index in [4.69, 9.17) is 4.74 Å². The smallest absolute Gasteiger partial charge is 0.202 e. The van der Waals surface area contributed by atoms with Gasteiger partial charge in [-0.15, -0.1) is 0 Å². The Bertz CT molecular complexity index is 279. The van der Waals surface area contributed by atoms with Gasteiger partial charge in [-0.25, -0.2) is 4.98 Å². The second-order valence-corrected chi connectivity index (χ2v) is 3.73. The molecule has 2 rings (SSSR count). The first-order valence-electron chi connectivity index (χ1n) is 5.19. The van der Waals surface area contributed by atoms with Gasteiger partial charge in [-0.2, -0.15) is 0 Å². The van der Waals surface area contributed by atoms with Crippen LogP contribution < -0.4 is 5.32 Å². The third-order valence-electron chi connectivity index (χ3n) is 2.58. The molecule has 0 radical (unpaired) electrons. The zero-order valence-corrected chi connectivity index (χ0v) is 8.57. The van der Waals surface area contributed by atoms with Gasteiger partial charge in [0.2, 0.25) is 5.95 Å². The molecule has 1 N–H and O–H groups in total. The number of ether oxygens (including phenoxy) is 1. The highest BCUT2D eigenvalue weighted by atomic mass is 16.5. The summed E-state index contributed by atoms with van der Waals surface area (Å²) < 4.78 is 7.59. The lowest BCUT2D eigenvalue weighted by molar-refractivity contribution is 0.0246. The van der Waals surface area contributed by atoms with Gasteiger partial charge >= 0.3 is 0 Å². The molecule has 0 saturated carbocycles. The normalized spacial score (nSPS) is 22.2. The highest BCUT2D eigenvalue weighted by Gasteiger charge is 2.13. The predicted octanol–water partition coefficient (Wildman–Crippen LogP) is 1.40. The van der Waals surface area contributed by atoms with E-state index in [-0.39, 0.29) is 0 Å². The molecule has 0 amide bonds. The topological polar surface area (TPSA) is 39.1 Å². The molecule has 0 aromatic carbocycles. The van der Waals surface area contributed by atoms with E-state index < -0.39 is 0 Å². The number of aryl methyl sites for hydroxylation is 1. The summed E-state index contributed by atoms with van der Waals surface area (Å²) in [6, 6.07) is 0. The van der Waals surface area contributed by atoms with Crippen molar-refractivity contribution in [3.63, 3.8) is 0 Å². The summed E-state index contributed by atoms with van der Waals surface area (Å²) in [5.41, 5.74) is 0. The van der Waals surface area contributed by atoms with Crippen molar-refractivity contribution < 1.29 is 4.74 Å². The summed E-state index contributed by atoms with van der Waals surface area (Å²) in [5, 5.41) is 3.29. The third kappa shape index (κ3) is 2.26. The number of rotatable bonds is 3. The standard InChI is InChI=1S/C10H17N3O/c1-13-6-5-11-10(13)12-8-9-4-2-3-7-14-9/h5-6,9H,2-4,7-8H2,1H3,(H,11,12). The van der Waals surface area contributed by atoms with Gasteiger partial charge < -0.3 is 14.6 Å². The van der Waals surface area contributed by atoms with Gasteiger partial charge in [-0.05, 0) is 19.3 Å². The average molecular weight is 195 g/mol. The van der Waals surface area contributed by atoms with Crippen molar-refractivity contribution in [2.75, 3.05) is 18.5 Å². The minimum Gasteiger partial charge on any atom is -0.376 e. The van der Waals surface area contributed by atoms with Crippen LogP contribution in [0.25, 0.3) is 0 Å². The maximum atomic E-state index is 5.62. The fraction of sp³-hybridized carbons (Fsp3) is 0.700. The minimum absolute atomic E-state index is 0.362. The quantitative estimate of drug-likeness (QED) is 0.792. The van der Waals surface area contributed by atoms with E-state index in [1.165, 1.54) is 12.8 Å². The minimum atomic E-state index is 0.362. The molecule has 4 heteroatoms. The van der Waals surface area contributed by atoms with E-state index in [0.29, 0.717) is 6.10 Å². The van der Waals surface area contributed by atoms with Crippen LogP contribution in [0.1, 0.15) is 19.3 Å². The zero-order valence-electron chi connectivity index (χ0n) is 8.57. The lowest BCUT2D eigenvalue weighted by Gasteiger charge is -2.22. The highest BCUT2D eigenvalue weighted by Crippen LogP contribution is 2.13. The summed E-state index contributed by atoms with van der Waals surface area (Å²) in [6.07, 6.45) is 7.75. The number of hydrogen-bond acceptors (Lipinski definition) is 3. The number of nitrogens with one attached hydrogen (secondary N) is 1. The lowest BCUT2D eigenvalue weighted by Crippen LogP contribution is -2.27. The van der Waals surface area contributed by atoms with Crippen LogP contribution >= 0.6 is 0 Å². The second-order valence-electron chi connectivity index (χ2n) is 3.73. The molecule has 1 aromatic heterocycles. The lowest BCUT2D eigenvalue weighted by atomic mass is 10.1. The number of hydrogen-bond donors (Lipinski definition) is 1. The molecule has 1 aromatic rings. The van der Waals surface area contributed by atoms with Crippen molar-refractivity contribution in [1.29, 1.82) is 0 Å². The Hall–Kier alpha value is -1.03. The average Bonchev–Trinajstić information content (AvgIpc) is 2.63. The molecule has 1 aliphatic heterocycles. The fourth-order valence-corrected chi connectivity index (χ4v) is 1.71. The van der Waals surface area contributed by atoms with Crippen LogP contribution in [-0.2, 0) is 11.8 Å². The molecular formula is C10H17N3O. The van der Waals surface area contributed by atoms with E-state index >= 15 is 0 Å². The summed E-state index contributed by atoms with van der Waals surface area (Å²) in [5.74, 6) is 0.916. The SMILES string of the molecule is Cn1ccnc1NCC1CCCCO1. The molecule has 0 aliphatic carbocycles. The Morgan fingerprint density at radius 3 is 3.21 bits per heavy atom. The van der Waals surface area contributed by atoms with Crippen LogP contribution in [0.3, 0.4) is 0 Å². The van der Waals surface area contributed by atoms with Gasteiger partial charge in [0.15, 0.2) is 0 Å². The molecule has 1 aliphatic rings. The Labute approximate surface area is 84.3 Å². The molecule has 1 unspecified atom stereocenters. The number of aromatic nitrogens is 2. The fourth-order valence-electron chi connectivity index (χ4n) is 1.71. The van der Waals surface area contributed by atoms with Crippen LogP contribution in [0.2, 0.25) is 0 Å². The Kier molecular flexibility index (Phi) is 3.03. The largest absolute Gasteiger partial charge is 0.376 e. The van der Waals surface area contributed by atoms with Gasteiger partial charge in [0.05, 0.1) is 6.10 Å². The van der Waals surface area contributed by atoms with E-state index in [1.54, 1.807) is 6.20 Å². The number of anilines is 1. The first kappa shape index (κ1) is 9.52. The Morgan fingerprint density at radius 1 is 1.64 bits per heavy atom. The molecule has 1 fully saturated rings. The van der Waals surface area contributed by atoms with Crippen molar-refractivity contribution in [3.05, 3.63) is 12.4 Å². The molecule has 0 bridgehead atoms. The predicted molar refractivity (Wildman–Crippen MR) is 55.3 cm³/mol. The van der Waals surface area contributed by atoms with Crippen LogP contribution in [0.5, 0.6) is 0 Å². The van der Waals surface area contributed by atoms with E-state index in [0.717, 1.165) is 25.5 Å². The summed E-state index contributed by atoms with van der Waals surface area (Å²) in [6.45, 7) is 1.78. The first-order chi connectivity index (χ1) is 6.86. The molecule has 4 nitrogen and oxygen atoms in total. The molecule has 78 valence electrons. The molecule has 14 heavy (non-hydrogen) atoms.